The van der Waals surface area contributed by atoms with E-state index in [0.29, 0.717) is 16.7 Å². The quantitative estimate of drug-likeness (QED) is 0.135. The molecule has 0 radical (unpaired) electrons. The molecule has 1 heterocycles. The minimum atomic E-state index is -0.733. The second-order valence-corrected chi connectivity index (χ2v) is 9.35. The average molecular weight is 548 g/mol. The molecule has 1 aromatic heterocycles. The Labute approximate surface area is 207 Å². The summed E-state index contributed by atoms with van der Waals surface area (Å²) in [6, 6.07) is 7.88. The predicted molar refractivity (Wildman–Crippen MR) is 132 cm³/mol. The standard InChI is InChI=1S/C23H20BrClN4O5/c1-13(30)34-21-18(25)9-14(10-20(21)29(32)33)12-26-28-22(15-5-3-2-4-6-15)27-19-8-7-16(24)11-17(19)23(28)31/h7-12,15H,2-6H2,1H3. The molecule has 4 rings (SSSR count). The Bertz CT molecular complexity index is 1380. The Morgan fingerprint density at radius 1 is 1.29 bits per heavy atom. The highest BCUT2D eigenvalue weighted by atomic mass is 79.9. The monoisotopic (exact) mass is 546 g/mol. The maximum atomic E-state index is 13.4. The molecule has 0 aliphatic heterocycles. The van der Waals surface area contributed by atoms with Crippen LogP contribution >= 0.6 is 27.5 Å². The van der Waals surface area contributed by atoms with Gasteiger partial charge >= 0.3 is 11.7 Å². The Hall–Kier alpha value is -3.11. The number of esters is 1. The Balaban J connectivity index is 1.84. The lowest BCUT2D eigenvalue weighted by atomic mass is 9.88. The molecule has 1 aliphatic rings. The van der Waals surface area contributed by atoms with Crippen LogP contribution in [-0.4, -0.2) is 26.8 Å². The lowest BCUT2D eigenvalue weighted by molar-refractivity contribution is -0.385. The first-order valence-corrected chi connectivity index (χ1v) is 11.8. The number of benzene rings is 2. The van der Waals surface area contributed by atoms with Gasteiger partial charge in [0.2, 0.25) is 5.75 Å². The van der Waals surface area contributed by atoms with E-state index in [1.807, 2.05) is 6.07 Å². The number of nitro benzene ring substituents is 1. The Morgan fingerprint density at radius 2 is 2.03 bits per heavy atom. The average Bonchev–Trinajstić information content (AvgIpc) is 2.80. The van der Waals surface area contributed by atoms with Crippen molar-refractivity contribution in [1.82, 2.24) is 9.66 Å². The first-order chi connectivity index (χ1) is 16.2. The number of hydrogen-bond donors (Lipinski definition) is 0. The summed E-state index contributed by atoms with van der Waals surface area (Å²) < 4.78 is 6.91. The maximum Gasteiger partial charge on any atom is 0.313 e. The fraction of sp³-hybridized carbons (Fsp3) is 0.304. The van der Waals surface area contributed by atoms with Gasteiger partial charge in [0, 0.05) is 28.9 Å². The normalized spacial score (nSPS) is 14.6. The highest BCUT2D eigenvalue weighted by Crippen LogP contribution is 2.36. The largest absolute Gasteiger partial charge is 0.418 e. The van der Waals surface area contributed by atoms with Crippen LogP contribution in [0.4, 0.5) is 5.69 Å². The summed E-state index contributed by atoms with van der Waals surface area (Å²) in [6.07, 6.45) is 6.35. The summed E-state index contributed by atoms with van der Waals surface area (Å²) in [7, 11) is 0. The van der Waals surface area contributed by atoms with E-state index in [9.17, 15) is 19.7 Å². The summed E-state index contributed by atoms with van der Waals surface area (Å²) in [6.45, 7) is 1.12. The molecule has 1 fully saturated rings. The summed E-state index contributed by atoms with van der Waals surface area (Å²) in [5, 5.41) is 16.2. The van der Waals surface area contributed by atoms with Crippen LogP contribution in [0, 0.1) is 10.1 Å². The van der Waals surface area contributed by atoms with Gasteiger partial charge < -0.3 is 4.74 Å². The van der Waals surface area contributed by atoms with E-state index >= 15 is 0 Å². The number of carbonyl (C=O) groups is 1. The van der Waals surface area contributed by atoms with Gasteiger partial charge in [-0.1, -0.05) is 46.8 Å². The van der Waals surface area contributed by atoms with Crippen molar-refractivity contribution in [3.63, 3.8) is 0 Å². The molecular formula is C23H20BrClN4O5. The summed E-state index contributed by atoms with van der Waals surface area (Å²) in [4.78, 5) is 40.3. The summed E-state index contributed by atoms with van der Waals surface area (Å²) in [5.74, 6) is -0.430. The first kappa shape index (κ1) is 24.0. The third-order valence-electron chi connectivity index (χ3n) is 5.61. The van der Waals surface area contributed by atoms with E-state index < -0.39 is 16.6 Å². The van der Waals surface area contributed by atoms with Crippen molar-refractivity contribution >= 4 is 56.3 Å². The topological polar surface area (TPSA) is 117 Å². The minimum absolute atomic E-state index is 0.0795. The van der Waals surface area contributed by atoms with Gasteiger partial charge in [0.25, 0.3) is 5.56 Å². The van der Waals surface area contributed by atoms with E-state index in [2.05, 4.69) is 21.0 Å². The summed E-state index contributed by atoms with van der Waals surface area (Å²) in [5.41, 5.74) is 0.0397. The third kappa shape index (κ3) is 5.02. The molecule has 1 saturated carbocycles. The maximum absolute atomic E-state index is 13.4. The number of nitrogens with zero attached hydrogens (tertiary/aromatic N) is 4. The number of aromatic nitrogens is 2. The molecule has 34 heavy (non-hydrogen) atoms. The molecule has 1 aliphatic carbocycles. The van der Waals surface area contributed by atoms with Gasteiger partial charge in [0.05, 0.1) is 27.1 Å². The van der Waals surface area contributed by atoms with Crippen LogP contribution in [0.25, 0.3) is 10.9 Å². The molecular weight excluding hydrogens is 528 g/mol. The zero-order chi connectivity index (χ0) is 24.4. The van der Waals surface area contributed by atoms with Gasteiger partial charge in [-0.05, 0) is 37.1 Å². The van der Waals surface area contributed by atoms with Crippen LogP contribution in [0.3, 0.4) is 0 Å². The van der Waals surface area contributed by atoms with Gasteiger partial charge in [-0.15, -0.1) is 0 Å². The lowest BCUT2D eigenvalue weighted by Crippen LogP contribution is -2.25. The van der Waals surface area contributed by atoms with Gasteiger partial charge in [0.15, 0.2) is 0 Å². The van der Waals surface area contributed by atoms with Crippen LogP contribution in [0.15, 0.2) is 44.7 Å². The molecule has 0 amide bonds. The molecule has 0 N–H and O–H groups in total. The zero-order valence-electron chi connectivity index (χ0n) is 18.2. The van der Waals surface area contributed by atoms with E-state index in [-0.39, 0.29) is 27.8 Å². The highest BCUT2D eigenvalue weighted by molar-refractivity contribution is 9.10. The van der Waals surface area contributed by atoms with Gasteiger partial charge in [-0.25, -0.2) is 4.98 Å². The first-order valence-electron chi connectivity index (χ1n) is 10.7. The number of ether oxygens (including phenoxy) is 1. The molecule has 0 unspecified atom stereocenters. The van der Waals surface area contributed by atoms with Gasteiger partial charge in [0.1, 0.15) is 5.82 Å². The SMILES string of the molecule is CC(=O)Oc1c(Cl)cc(C=Nn2c(C3CCCCC3)nc3ccc(Br)cc3c2=O)cc1[N+](=O)[O-]. The minimum Gasteiger partial charge on any atom is -0.418 e. The van der Waals surface area contributed by atoms with Crippen molar-refractivity contribution in [3.05, 3.63) is 71.7 Å². The Kier molecular flexibility index (Phi) is 7.08. The molecule has 0 spiro atoms. The van der Waals surface area contributed by atoms with Gasteiger partial charge in [-0.2, -0.15) is 9.78 Å². The molecule has 9 nitrogen and oxygen atoms in total. The van der Waals surface area contributed by atoms with Crippen molar-refractivity contribution in [2.24, 2.45) is 5.10 Å². The smallest absolute Gasteiger partial charge is 0.313 e. The number of rotatable bonds is 5. The lowest BCUT2D eigenvalue weighted by Gasteiger charge is -2.22. The zero-order valence-corrected chi connectivity index (χ0v) is 20.5. The summed E-state index contributed by atoms with van der Waals surface area (Å²) >= 11 is 9.54. The van der Waals surface area contributed by atoms with Gasteiger partial charge in [-0.3, -0.25) is 19.7 Å². The Morgan fingerprint density at radius 3 is 2.71 bits per heavy atom. The number of carbonyl (C=O) groups excluding carboxylic acids is 1. The molecule has 0 bridgehead atoms. The molecule has 0 saturated heterocycles. The fourth-order valence-electron chi connectivity index (χ4n) is 4.08. The highest BCUT2D eigenvalue weighted by Gasteiger charge is 2.24. The number of fused-ring (bicyclic) bond motifs is 1. The molecule has 0 atom stereocenters. The van der Waals surface area contributed by atoms with Crippen molar-refractivity contribution in [3.8, 4) is 5.75 Å². The van der Waals surface area contributed by atoms with E-state index in [1.165, 1.54) is 23.0 Å². The number of hydrogen-bond acceptors (Lipinski definition) is 7. The molecule has 2 aromatic carbocycles. The van der Waals surface area contributed by atoms with Crippen molar-refractivity contribution in [1.29, 1.82) is 0 Å². The van der Waals surface area contributed by atoms with Crippen LogP contribution in [0.1, 0.15) is 56.3 Å². The predicted octanol–water partition coefficient (Wildman–Crippen LogP) is 5.58. The van der Waals surface area contributed by atoms with Crippen molar-refractivity contribution in [2.45, 2.75) is 44.9 Å². The second-order valence-electron chi connectivity index (χ2n) is 8.03. The molecule has 3 aromatic rings. The van der Waals surface area contributed by atoms with Crippen molar-refractivity contribution in [2.75, 3.05) is 0 Å². The molecule has 11 heteroatoms. The van der Waals surface area contributed by atoms with E-state index in [0.717, 1.165) is 43.5 Å². The number of nitro groups is 1. The van der Waals surface area contributed by atoms with Crippen LogP contribution < -0.4 is 10.3 Å². The van der Waals surface area contributed by atoms with Crippen LogP contribution in [0.2, 0.25) is 5.02 Å². The second kappa shape index (κ2) is 10.0. The van der Waals surface area contributed by atoms with Crippen molar-refractivity contribution < 1.29 is 14.5 Å². The fourth-order valence-corrected chi connectivity index (χ4v) is 4.70. The van der Waals surface area contributed by atoms with Crippen LogP contribution in [0.5, 0.6) is 5.75 Å². The number of halogens is 2. The van der Waals surface area contributed by atoms with E-state index in [4.69, 9.17) is 21.3 Å². The van der Waals surface area contributed by atoms with Crippen LogP contribution in [-0.2, 0) is 4.79 Å². The van der Waals surface area contributed by atoms with E-state index in [1.54, 1.807) is 12.1 Å². The third-order valence-corrected chi connectivity index (χ3v) is 6.39. The molecule has 176 valence electrons.